The minimum atomic E-state index is -3.86. The zero-order valence-electron chi connectivity index (χ0n) is 23.4. The van der Waals surface area contributed by atoms with Gasteiger partial charge in [0.25, 0.3) is 5.91 Å². The standard InChI is InChI=1S/C31H38N4O4S/c1-4-34-18-9-15-28(34)31(37)35-19-17-26(22(3)20-35)33-40(38,39)29-16-8-12-24-25(29)13-7-14-27(24)32-30(36)23-11-6-5-10-21(23)2/h5-8,10-14,16,22,26,28,33H,4,9,15,17-20H2,1-3H3,(H,32,36)/t22-,26-,28-/m0/s1. The molecule has 3 aromatic rings. The van der Waals surface area contributed by atoms with Crippen molar-refractivity contribution in [2.45, 2.75) is 57.0 Å². The predicted octanol–water partition coefficient (Wildman–Crippen LogP) is 4.40. The third-order valence-corrected chi connectivity index (χ3v) is 9.94. The average molecular weight is 563 g/mol. The highest BCUT2D eigenvalue weighted by molar-refractivity contribution is 7.89. The number of likely N-dealkylation sites (N-methyl/N-ethyl adjacent to an activating group) is 1. The third kappa shape index (κ3) is 5.64. The largest absolute Gasteiger partial charge is 0.341 e. The van der Waals surface area contributed by atoms with Gasteiger partial charge in [0.15, 0.2) is 0 Å². The molecule has 5 rings (SSSR count). The second-order valence-electron chi connectivity index (χ2n) is 11.0. The zero-order valence-corrected chi connectivity index (χ0v) is 24.2. The van der Waals surface area contributed by atoms with E-state index in [1.807, 2.05) is 43.0 Å². The number of nitrogens with one attached hydrogen (secondary N) is 2. The first kappa shape index (κ1) is 28.3. The van der Waals surface area contributed by atoms with Crippen LogP contribution in [0.25, 0.3) is 10.8 Å². The highest BCUT2D eigenvalue weighted by Gasteiger charge is 2.37. The molecule has 212 valence electrons. The van der Waals surface area contributed by atoms with Crippen LogP contribution in [0.5, 0.6) is 0 Å². The highest BCUT2D eigenvalue weighted by atomic mass is 32.2. The second-order valence-corrected chi connectivity index (χ2v) is 12.7. The summed E-state index contributed by atoms with van der Waals surface area (Å²) in [5.41, 5.74) is 1.98. The molecule has 40 heavy (non-hydrogen) atoms. The minimum absolute atomic E-state index is 0.0251. The van der Waals surface area contributed by atoms with E-state index in [1.54, 1.807) is 36.4 Å². The van der Waals surface area contributed by atoms with Crippen molar-refractivity contribution in [1.82, 2.24) is 14.5 Å². The number of carbonyl (C=O) groups excluding carboxylic acids is 2. The lowest BCUT2D eigenvalue weighted by atomic mass is 9.94. The van der Waals surface area contributed by atoms with E-state index in [9.17, 15) is 18.0 Å². The maximum Gasteiger partial charge on any atom is 0.255 e. The van der Waals surface area contributed by atoms with E-state index < -0.39 is 10.0 Å². The fourth-order valence-corrected chi connectivity index (χ4v) is 7.72. The lowest BCUT2D eigenvalue weighted by Crippen LogP contribution is -2.54. The molecule has 0 aromatic heterocycles. The van der Waals surface area contributed by atoms with Crippen LogP contribution >= 0.6 is 0 Å². The van der Waals surface area contributed by atoms with Gasteiger partial charge in [0.2, 0.25) is 15.9 Å². The highest BCUT2D eigenvalue weighted by Crippen LogP contribution is 2.31. The van der Waals surface area contributed by atoms with Crippen LogP contribution in [-0.2, 0) is 14.8 Å². The Balaban J connectivity index is 1.32. The maximum absolute atomic E-state index is 13.7. The number of nitrogens with zero attached hydrogens (tertiary/aromatic N) is 2. The smallest absolute Gasteiger partial charge is 0.255 e. The number of benzene rings is 3. The second kappa shape index (κ2) is 11.7. The van der Waals surface area contributed by atoms with Crippen molar-refractivity contribution >= 4 is 38.3 Å². The fraction of sp³-hybridized carbons (Fsp3) is 0.419. The monoisotopic (exact) mass is 562 g/mol. The van der Waals surface area contributed by atoms with Gasteiger partial charge < -0.3 is 10.2 Å². The van der Waals surface area contributed by atoms with Gasteiger partial charge >= 0.3 is 0 Å². The summed E-state index contributed by atoms with van der Waals surface area (Å²) in [7, 11) is -3.86. The van der Waals surface area contributed by atoms with Gasteiger partial charge in [0.05, 0.1) is 10.9 Å². The lowest BCUT2D eigenvalue weighted by molar-refractivity contribution is -0.137. The Hall–Kier alpha value is -3.27. The summed E-state index contributed by atoms with van der Waals surface area (Å²) in [6, 6.07) is 17.4. The lowest BCUT2D eigenvalue weighted by Gasteiger charge is -2.39. The predicted molar refractivity (Wildman–Crippen MR) is 158 cm³/mol. The van der Waals surface area contributed by atoms with Crippen molar-refractivity contribution in [3.8, 4) is 0 Å². The Morgan fingerprint density at radius 2 is 1.70 bits per heavy atom. The Morgan fingerprint density at radius 1 is 0.950 bits per heavy atom. The number of piperidine rings is 1. The zero-order chi connectivity index (χ0) is 28.4. The summed E-state index contributed by atoms with van der Waals surface area (Å²) in [5.74, 6) is -0.100. The summed E-state index contributed by atoms with van der Waals surface area (Å²) in [4.78, 5) is 30.5. The summed E-state index contributed by atoms with van der Waals surface area (Å²) >= 11 is 0. The number of hydrogen-bond donors (Lipinski definition) is 2. The van der Waals surface area contributed by atoms with Crippen LogP contribution in [0.3, 0.4) is 0 Å². The third-order valence-electron chi connectivity index (χ3n) is 8.39. The molecule has 3 aromatic carbocycles. The van der Waals surface area contributed by atoms with Crippen molar-refractivity contribution in [3.63, 3.8) is 0 Å². The molecule has 0 saturated carbocycles. The molecule has 0 spiro atoms. The summed E-state index contributed by atoms with van der Waals surface area (Å²) in [6.07, 6.45) is 2.49. The molecule has 3 atom stereocenters. The Kier molecular flexibility index (Phi) is 8.26. The first-order valence-corrected chi connectivity index (χ1v) is 15.6. The molecule has 0 unspecified atom stereocenters. The Bertz CT molecular complexity index is 1520. The molecular formula is C31H38N4O4S. The van der Waals surface area contributed by atoms with Gasteiger partial charge in [-0.3, -0.25) is 14.5 Å². The molecule has 2 N–H and O–H groups in total. The molecule has 2 amide bonds. The van der Waals surface area contributed by atoms with Crippen molar-refractivity contribution in [2.75, 3.05) is 31.5 Å². The fourth-order valence-electron chi connectivity index (χ4n) is 6.12. The van der Waals surface area contributed by atoms with Gasteiger partial charge in [-0.15, -0.1) is 0 Å². The molecule has 0 bridgehead atoms. The van der Waals surface area contributed by atoms with Crippen LogP contribution in [-0.4, -0.2) is 68.3 Å². The number of aryl methyl sites for hydroxylation is 1. The summed E-state index contributed by atoms with van der Waals surface area (Å²) in [6.45, 7) is 8.86. The van der Waals surface area contributed by atoms with Crippen LogP contribution < -0.4 is 10.0 Å². The number of anilines is 1. The number of hydrogen-bond acceptors (Lipinski definition) is 5. The van der Waals surface area contributed by atoms with E-state index in [4.69, 9.17) is 0 Å². The molecule has 2 saturated heterocycles. The van der Waals surface area contributed by atoms with Crippen molar-refractivity contribution in [1.29, 1.82) is 0 Å². The van der Waals surface area contributed by atoms with Crippen LogP contribution in [0.2, 0.25) is 0 Å². The molecule has 2 aliphatic heterocycles. The van der Waals surface area contributed by atoms with E-state index in [0.717, 1.165) is 31.5 Å². The number of fused-ring (bicyclic) bond motifs is 1. The molecule has 2 heterocycles. The number of amides is 2. The quantitative estimate of drug-likeness (QED) is 0.445. The normalized spacial score (nSPS) is 22.0. The van der Waals surface area contributed by atoms with Gasteiger partial charge in [-0.05, 0) is 69.0 Å². The first-order chi connectivity index (χ1) is 19.2. The number of rotatable bonds is 7. The Labute approximate surface area is 236 Å². The topological polar surface area (TPSA) is 98.8 Å². The minimum Gasteiger partial charge on any atom is -0.341 e. The number of carbonyl (C=O) groups is 2. The maximum atomic E-state index is 13.7. The molecule has 8 nitrogen and oxygen atoms in total. The SMILES string of the molecule is CCN1CCC[C@H]1C(=O)N1CC[C@H](NS(=O)(=O)c2cccc3c(NC(=O)c4ccccc4C)cccc23)[C@@H](C)C1. The van der Waals surface area contributed by atoms with Crippen LogP contribution in [0.4, 0.5) is 5.69 Å². The summed E-state index contributed by atoms with van der Waals surface area (Å²) < 4.78 is 30.3. The van der Waals surface area contributed by atoms with Crippen molar-refractivity contribution in [2.24, 2.45) is 5.92 Å². The Morgan fingerprint density at radius 3 is 2.45 bits per heavy atom. The van der Waals surface area contributed by atoms with Gasteiger partial charge in [-0.25, -0.2) is 13.1 Å². The van der Waals surface area contributed by atoms with E-state index in [1.165, 1.54) is 0 Å². The molecule has 9 heteroatoms. The molecular weight excluding hydrogens is 524 g/mol. The average Bonchev–Trinajstić information content (AvgIpc) is 3.43. The van der Waals surface area contributed by atoms with Crippen LogP contribution in [0.1, 0.15) is 49.0 Å². The first-order valence-electron chi connectivity index (χ1n) is 14.1. The number of sulfonamides is 1. The van der Waals surface area contributed by atoms with Crippen molar-refractivity contribution in [3.05, 3.63) is 71.8 Å². The number of likely N-dealkylation sites (tertiary alicyclic amines) is 2. The van der Waals surface area contributed by atoms with Gasteiger partial charge in [0.1, 0.15) is 0 Å². The van der Waals surface area contributed by atoms with E-state index in [2.05, 4.69) is 21.9 Å². The summed E-state index contributed by atoms with van der Waals surface area (Å²) in [5, 5.41) is 4.15. The van der Waals surface area contributed by atoms with E-state index >= 15 is 0 Å². The van der Waals surface area contributed by atoms with Crippen molar-refractivity contribution < 1.29 is 18.0 Å². The van der Waals surface area contributed by atoms with Crippen LogP contribution in [0, 0.1) is 12.8 Å². The molecule has 0 radical (unpaired) electrons. The molecule has 2 aliphatic rings. The molecule has 2 fully saturated rings. The molecule has 0 aliphatic carbocycles. The van der Waals surface area contributed by atoms with Gasteiger partial charge in [0, 0.05) is 41.2 Å². The van der Waals surface area contributed by atoms with E-state index in [-0.39, 0.29) is 34.7 Å². The van der Waals surface area contributed by atoms with Gasteiger partial charge in [-0.2, -0.15) is 0 Å². The van der Waals surface area contributed by atoms with Gasteiger partial charge in [-0.1, -0.05) is 56.3 Å². The van der Waals surface area contributed by atoms with E-state index in [0.29, 0.717) is 41.5 Å². The van der Waals surface area contributed by atoms with Crippen LogP contribution in [0.15, 0.2) is 65.6 Å².